The normalized spacial score (nSPS) is 14.2. The molecule has 3 amide bonds. The topological polar surface area (TPSA) is 79.3 Å². The third-order valence-electron chi connectivity index (χ3n) is 4.11. The summed E-state index contributed by atoms with van der Waals surface area (Å²) in [6, 6.07) is 7.33. The number of carbonyl (C=O) groups is 2. The van der Waals surface area contributed by atoms with Crippen LogP contribution in [-0.2, 0) is 24.8 Å². The summed E-state index contributed by atoms with van der Waals surface area (Å²) in [5, 5.41) is 10.1. The van der Waals surface area contributed by atoms with Crippen molar-refractivity contribution >= 4 is 23.3 Å². The van der Waals surface area contributed by atoms with E-state index in [4.69, 9.17) is 0 Å². The summed E-state index contributed by atoms with van der Waals surface area (Å²) in [6.45, 7) is 6.24. The first-order valence-corrected chi connectivity index (χ1v) is 8.72. The van der Waals surface area contributed by atoms with Crippen molar-refractivity contribution in [2.45, 2.75) is 45.7 Å². The predicted octanol–water partition coefficient (Wildman–Crippen LogP) is 2.82. The number of hydrogen-bond donors (Lipinski definition) is 2. The molecule has 26 heavy (non-hydrogen) atoms. The van der Waals surface area contributed by atoms with E-state index >= 15 is 0 Å². The smallest absolute Gasteiger partial charge is 0.319 e. The van der Waals surface area contributed by atoms with Gasteiger partial charge in [-0.25, -0.2) is 4.79 Å². The Balaban J connectivity index is 1.78. The van der Waals surface area contributed by atoms with E-state index in [0.717, 1.165) is 22.6 Å². The zero-order chi connectivity index (χ0) is 18.9. The number of nitrogens with zero attached hydrogens (tertiary/aromatic N) is 3. The third-order valence-corrected chi connectivity index (χ3v) is 4.11. The second-order valence-corrected chi connectivity index (χ2v) is 7.63. The zero-order valence-corrected chi connectivity index (χ0v) is 15.7. The van der Waals surface area contributed by atoms with Crippen LogP contribution in [-0.4, -0.2) is 27.3 Å². The molecule has 2 aromatic rings. The molecule has 0 atom stereocenters. The van der Waals surface area contributed by atoms with Crippen molar-refractivity contribution in [3.05, 3.63) is 41.7 Å². The van der Waals surface area contributed by atoms with Crippen molar-refractivity contribution in [2.24, 2.45) is 7.05 Å². The van der Waals surface area contributed by atoms with E-state index in [1.165, 1.54) is 0 Å². The van der Waals surface area contributed by atoms with Crippen LogP contribution in [0.25, 0.3) is 0 Å². The molecule has 1 aliphatic rings. The Bertz CT molecular complexity index is 835. The van der Waals surface area contributed by atoms with Gasteiger partial charge in [0.2, 0.25) is 5.91 Å². The van der Waals surface area contributed by atoms with Crippen LogP contribution in [0.4, 0.5) is 16.2 Å². The number of hydrogen-bond acceptors (Lipinski definition) is 3. The number of nitrogens with one attached hydrogen (secondary N) is 2. The first-order valence-electron chi connectivity index (χ1n) is 8.72. The maximum atomic E-state index is 12.4. The van der Waals surface area contributed by atoms with Gasteiger partial charge in [-0.15, -0.1) is 0 Å². The van der Waals surface area contributed by atoms with E-state index in [9.17, 15) is 9.59 Å². The monoisotopic (exact) mass is 355 g/mol. The third kappa shape index (κ3) is 4.22. The van der Waals surface area contributed by atoms with Gasteiger partial charge in [-0.2, -0.15) is 5.10 Å². The van der Waals surface area contributed by atoms with E-state index in [1.54, 1.807) is 9.58 Å². The average molecular weight is 355 g/mol. The minimum Gasteiger partial charge on any atom is -0.333 e. The Kier molecular flexibility index (Phi) is 4.71. The van der Waals surface area contributed by atoms with Crippen molar-refractivity contribution in [3.63, 3.8) is 0 Å². The first-order chi connectivity index (χ1) is 12.2. The largest absolute Gasteiger partial charge is 0.333 e. The van der Waals surface area contributed by atoms with Crippen molar-refractivity contribution in [1.82, 2.24) is 15.1 Å². The van der Waals surface area contributed by atoms with Crippen LogP contribution in [0.5, 0.6) is 0 Å². The molecule has 0 saturated heterocycles. The van der Waals surface area contributed by atoms with Crippen LogP contribution in [0.1, 0.15) is 38.4 Å². The summed E-state index contributed by atoms with van der Waals surface area (Å²) in [5.74, 6) is 0.0920. The molecular formula is C19H25N5O2. The fourth-order valence-electron chi connectivity index (χ4n) is 3.02. The van der Waals surface area contributed by atoms with Gasteiger partial charge in [0.1, 0.15) is 0 Å². The van der Waals surface area contributed by atoms with Crippen LogP contribution in [0, 0.1) is 0 Å². The van der Waals surface area contributed by atoms with Crippen molar-refractivity contribution in [1.29, 1.82) is 0 Å². The molecule has 3 rings (SSSR count). The second-order valence-electron chi connectivity index (χ2n) is 7.63. The minimum atomic E-state index is -0.301. The summed E-state index contributed by atoms with van der Waals surface area (Å²) in [6.07, 6.45) is 2.99. The average Bonchev–Trinajstić information content (AvgIpc) is 2.93. The van der Waals surface area contributed by atoms with E-state index in [1.807, 2.05) is 58.3 Å². The number of fused-ring (bicyclic) bond motifs is 1. The van der Waals surface area contributed by atoms with Gasteiger partial charge in [0.25, 0.3) is 0 Å². The highest BCUT2D eigenvalue weighted by Gasteiger charge is 2.25. The highest BCUT2D eigenvalue weighted by atomic mass is 16.2. The molecule has 2 heterocycles. The summed E-state index contributed by atoms with van der Waals surface area (Å²) in [7, 11) is 1.86. The fraction of sp³-hybridized carbons (Fsp3) is 0.421. The number of aryl methyl sites for hydroxylation is 2. The first kappa shape index (κ1) is 18.0. The molecule has 0 aliphatic carbocycles. The van der Waals surface area contributed by atoms with Crippen LogP contribution < -0.4 is 15.5 Å². The van der Waals surface area contributed by atoms with Gasteiger partial charge in [0.05, 0.1) is 12.2 Å². The molecule has 7 nitrogen and oxygen atoms in total. The summed E-state index contributed by atoms with van der Waals surface area (Å²) < 4.78 is 1.73. The lowest BCUT2D eigenvalue weighted by Crippen LogP contribution is -2.43. The summed E-state index contributed by atoms with van der Waals surface area (Å²) in [5.41, 5.74) is 3.20. The summed E-state index contributed by atoms with van der Waals surface area (Å²) >= 11 is 0. The molecule has 1 aromatic carbocycles. The van der Waals surface area contributed by atoms with Crippen LogP contribution >= 0.6 is 0 Å². The van der Waals surface area contributed by atoms with E-state index in [-0.39, 0.29) is 17.5 Å². The number of carbonyl (C=O) groups excluding carboxylic acids is 2. The highest BCUT2D eigenvalue weighted by Crippen LogP contribution is 2.31. The molecular weight excluding hydrogens is 330 g/mol. The van der Waals surface area contributed by atoms with Gasteiger partial charge in [-0.3, -0.25) is 9.48 Å². The van der Waals surface area contributed by atoms with Crippen molar-refractivity contribution in [3.8, 4) is 0 Å². The molecule has 0 saturated carbocycles. The molecule has 0 radical (unpaired) electrons. The van der Waals surface area contributed by atoms with E-state index in [2.05, 4.69) is 15.7 Å². The van der Waals surface area contributed by atoms with Crippen LogP contribution in [0.3, 0.4) is 0 Å². The predicted molar refractivity (Wildman–Crippen MR) is 101 cm³/mol. The van der Waals surface area contributed by atoms with Crippen molar-refractivity contribution < 1.29 is 9.59 Å². The number of amides is 3. The highest BCUT2D eigenvalue weighted by molar-refractivity contribution is 5.97. The van der Waals surface area contributed by atoms with Crippen molar-refractivity contribution in [2.75, 3.05) is 10.2 Å². The number of rotatable bonds is 3. The Labute approximate surface area is 153 Å². The molecule has 138 valence electrons. The quantitative estimate of drug-likeness (QED) is 0.888. The maximum Gasteiger partial charge on any atom is 0.319 e. The number of anilines is 2. The molecule has 1 aromatic heterocycles. The zero-order valence-electron chi connectivity index (χ0n) is 15.7. The lowest BCUT2D eigenvalue weighted by Gasteiger charge is -2.29. The standard InChI is InChI=1S/C19H25N5O2/c1-19(2,3)21-18(26)20-14-6-7-16-13(11-14)5-8-17(25)24(16)12-15-9-10-23(4)22-15/h6-7,9-11H,5,8,12H2,1-4H3,(H2,20,21,26). The van der Waals surface area contributed by atoms with Gasteiger partial charge in [0.15, 0.2) is 0 Å². The van der Waals surface area contributed by atoms with Gasteiger partial charge < -0.3 is 15.5 Å². The molecule has 7 heteroatoms. The number of aromatic nitrogens is 2. The Morgan fingerprint density at radius 2 is 2.00 bits per heavy atom. The minimum absolute atomic E-state index is 0.0920. The van der Waals surface area contributed by atoms with E-state index < -0.39 is 0 Å². The SMILES string of the molecule is Cn1ccc(CN2C(=O)CCc3cc(NC(=O)NC(C)(C)C)ccc32)n1. The van der Waals surface area contributed by atoms with E-state index in [0.29, 0.717) is 19.4 Å². The van der Waals surface area contributed by atoms with Crippen LogP contribution in [0.2, 0.25) is 0 Å². The van der Waals surface area contributed by atoms with Gasteiger partial charge in [-0.05, 0) is 57.0 Å². The van der Waals surface area contributed by atoms with Gasteiger partial charge in [-0.1, -0.05) is 0 Å². The molecule has 0 bridgehead atoms. The van der Waals surface area contributed by atoms with Crippen LogP contribution in [0.15, 0.2) is 30.5 Å². The molecule has 2 N–H and O–H groups in total. The molecule has 0 unspecified atom stereocenters. The Morgan fingerprint density at radius 1 is 1.23 bits per heavy atom. The Morgan fingerprint density at radius 3 is 2.65 bits per heavy atom. The lowest BCUT2D eigenvalue weighted by atomic mass is 10.00. The fourth-order valence-corrected chi connectivity index (χ4v) is 3.02. The van der Waals surface area contributed by atoms with Gasteiger partial charge in [0, 0.05) is 36.6 Å². The molecule has 1 aliphatic heterocycles. The second kappa shape index (κ2) is 6.82. The summed E-state index contributed by atoms with van der Waals surface area (Å²) in [4.78, 5) is 26.2. The lowest BCUT2D eigenvalue weighted by molar-refractivity contribution is -0.119. The molecule has 0 spiro atoms. The maximum absolute atomic E-state index is 12.4. The number of benzene rings is 1. The Hall–Kier alpha value is -2.83. The van der Waals surface area contributed by atoms with Gasteiger partial charge >= 0.3 is 6.03 Å². The molecule has 0 fully saturated rings. The number of urea groups is 1.